The number of pyridine rings is 1. The number of amides is 1. The lowest BCUT2D eigenvalue weighted by molar-refractivity contribution is 0.0939. The van der Waals surface area contributed by atoms with E-state index in [0.29, 0.717) is 17.1 Å². The van der Waals surface area contributed by atoms with Crippen molar-refractivity contribution in [3.63, 3.8) is 0 Å². The van der Waals surface area contributed by atoms with E-state index in [4.69, 9.17) is 0 Å². The summed E-state index contributed by atoms with van der Waals surface area (Å²) in [6, 6.07) is 16.2. The van der Waals surface area contributed by atoms with E-state index in [1.807, 2.05) is 37.3 Å². The van der Waals surface area contributed by atoms with Gasteiger partial charge >= 0.3 is 0 Å². The molecule has 3 aromatic rings. The second-order valence-corrected chi connectivity index (χ2v) is 5.79. The molecule has 0 aliphatic carbocycles. The van der Waals surface area contributed by atoms with Crippen LogP contribution in [0.2, 0.25) is 0 Å². The van der Waals surface area contributed by atoms with Crippen molar-refractivity contribution in [1.29, 1.82) is 0 Å². The van der Waals surface area contributed by atoms with E-state index in [-0.39, 0.29) is 11.9 Å². The number of anilines is 2. The molecule has 1 atom stereocenters. The second-order valence-electron chi connectivity index (χ2n) is 5.79. The Morgan fingerprint density at radius 3 is 2.42 bits per heavy atom. The van der Waals surface area contributed by atoms with Crippen LogP contribution in [0.15, 0.2) is 66.9 Å². The first-order chi connectivity index (χ1) is 12.5. The Bertz CT molecular complexity index is 899. The highest BCUT2D eigenvalue weighted by molar-refractivity contribution is 5.94. The smallest absolute Gasteiger partial charge is 0.253 e. The molecule has 1 unspecified atom stereocenters. The number of nitrogens with zero attached hydrogens (tertiary/aromatic N) is 1. The van der Waals surface area contributed by atoms with E-state index < -0.39 is 11.6 Å². The molecule has 0 radical (unpaired) electrons. The third-order valence-electron chi connectivity index (χ3n) is 3.86. The molecule has 2 N–H and O–H groups in total. The maximum absolute atomic E-state index is 13.2. The molecule has 0 aliphatic heterocycles. The summed E-state index contributed by atoms with van der Waals surface area (Å²) in [7, 11) is 0. The van der Waals surface area contributed by atoms with Crippen LogP contribution < -0.4 is 10.6 Å². The molecule has 2 aromatic carbocycles. The summed E-state index contributed by atoms with van der Waals surface area (Å²) in [4.78, 5) is 16.5. The molecular formula is C20H17F2N3O. The van der Waals surface area contributed by atoms with Crippen molar-refractivity contribution in [1.82, 2.24) is 10.3 Å². The van der Waals surface area contributed by atoms with Crippen LogP contribution in [0.3, 0.4) is 0 Å². The van der Waals surface area contributed by atoms with E-state index in [9.17, 15) is 13.6 Å². The summed E-state index contributed by atoms with van der Waals surface area (Å²) >= 11 is 0. The first-order valence-electron chi connectivity index (χ1n) is 8.07. The molecule has 1 aromatic heterocycles. The van der Waals surface area contributed by atoms with Gasteiger partial charge in [-0.25, -0.2) is 13.8 Å². The molecule has 0 aliphatic rings. The molecule has 0 bridgehead atoms. The van der Waals surface area contributed by atoms with Crippen molar-refractivity contribution in [3.8, 4) is 0 Å². The Balaban J connectivity index is 1.65. The molecule has 0 saturated carbocycles. The number of aromatic nitrogens is 1. The fraction of sp³-hybridized carbons (Fsp3) is 0.100. The monoisotopic (exact) mass is 353 g/mol. The maximum atomic E-state index is 13.2. The van der Waals surface area contributed by atoms with Crippen LogP contribution in [0.4, 0.5) is 20.3 Å². The van der Waals surface area contributed by atoms with E-state index in [1.54, 1.807) is 12.1 Å². The number of halogens is 2. The van der Waals surface area contributed by atoms with Gasteiger partial charge in [0.25, 0.3) is 5.91 Å². The molecule has 4 nitrogen and oxygen atoms in total. The third-order valence-corrected chi connectivity index (χ3v) is 3.86. The van der Waals surface area contributed by atoms with E-state index in [1.165, 1.54) is 12.3 Å². The highest BCUT2D eigenvalue weighted by atomic mass is 19.2. The Labute approximate surface area is 149 Å². The van der Waals surface area contributed by atoms with Gasteiger partial charge in [-0.2, -0.15) is 0 Å². The number of rotatable bonds is 5. The SMILES string of the molecule is CC(NC(=O)c1ccc(Nc2ccc(F)c(F)c2)nc1)c1ccccc1. The average Bonchev–Trinajstić information content (AvgIpc) is 2.66. The lowest BCUT2D eigenvalue weighted by atomic mass is 10.1. The van der Waals surface area contributed by atoms with Crippen LogP contribution in [0.25, 0.3) is 0 Å². The fourth-order valence-corrected chi connectivity index (χ4v) is 2.43. The zero-order chi connectivity index (χ0) is 18.5. The summed E-state index contributed by atoms with van der Waals surface area (Å²) in [6.45, 7) is 1.90. The molecule has 1 amide bonds. The van der Waals surface area contributed by atoms with Gasteiger partial charge in [0.15, 0.2) is 11.6 Å². The summed E-state index contributed by atoms with van der Waals surface area (Å²) in [5, 5.41) is 5.76. The van der Waals surface area contributed by atoms with Crippen molar-refractivity contribution < 1.29 is 13.6 Å². The van der Waals surface area contributed by atoms with Gasteiger partial charge in [-0.1, -0.05) is 30.3 Å². The lowest BCUT2D eigenvalue weighted by Crippen LogP contribution is -2.26. The van der Waals surface area contributed by atoms with Gasteiger partial charge in [0.05, 0.1) is 11.6 Å². The van der Waals surface area contributed by atoms with Gasteiger partial charge in [-0.05, 0) is 36.8 Å². The zero-order valence-electron chi connectivity index (χ0n) is 14.0. The Morgan fingerprint density at radius 1 is 1.00 bits per heavy atom. The van der Waals surface area contributed by atoms with Gasteiger partial charge in [0.1, 0.15) is 5.82 Å². The fourth-order valence-electron chi connectivity index (χ4n) is 2.43. The molecule has 0 fully saturated rings. The van der Waals surface area contributed by atoms with Crippen molar-refractivity contribution in [3.05, 3.63) is 89.6 Å². The maximum Gasteiger partial charge on any atom is 0.253 e. The minimum Gasteiger partial charge on any atom is -0.345 e. The molecule has 6 heteroatoms. The van der Waals surface area contributed by atoms with Crippen molar-refractivity contribution in [2.24, 2.45) is 0 Å². The van der Waals surface area contributed by atoms with Crippen molar-refractivity contribution >= 4 is 17.4 Å². The first kappa shape index (κ1) is 17.5. The minimum atomic E-state index is -0.944. The third kappa shape index (κ3) is 4.22. The molecule has 3 rings (SSSR count). The summed E-state index contributed by atoms with van der Waals surface area (Å²) in [6.07, 6.45) is 1.43. The first-order valence-corrected chi connectivity index (χ1v) is 8.07. The summed E-state index contributed by atoms with van der Waals surface area (Å²) in [5.74, 6) is -1.68. The number of carbonyl (C=O) groups excluding carboxylic acids is 1. The quantitative estimate of drug-likeness (QED) is 0.705. The highest BCUT2D eigenvalue weighted by Gasteiger charge is 2.12. The van der Waals surface area contributed by atoms with Crippen LogP contribution in [0, 0.1) is 11.6 Å². The van der Waals surface area contributed by atoms with Crippen LogP contribution in [0.1, 0.15) is 28.9 Å². The van der Waals surface area contributed by atoms with Gasteiger partial charge < -0.3 is 10.6 Å². The minimum absolute atomic E-state index is 0.135. The van der Waals surface area contributed by atoms with Crippen LogP contribution in [-0.4, -0.2) is 10.9 Å². The van der Waals surface area contributed by atoms with Gasteiger partial charge in [-0.15, -0.1) is 0 Å². The normalized spacial score (nSPS) is 11.7. The summed E-state index contributed by atoms with van der Waals surface area (Å²) < 4.78 is 26.2. The number of nitrogens with one attached hydrogen (secondary N) is 2. The van der Waals surface area contributed by atoms with E-state index >= 15 is 0 Å². The standard InChI is InChI=1S/C20H17F2N3O/c1-13(14-5-3-2-4-6-14)24-20(26)15-7-10-19(23-12-15)25-16-8-9-17(21)18(22)11-16/h2-13H,1H3,(H,23,25)(H,24,26). The number of carbonyl (C=O) groups is 1. The van der Waals surface area contributed by atoms with E-state index in [0.717, 1.165) is 17.7 Å². The highest BCUT2D eigenvalue weighted by Crippen LogP contribution is 2.18. The molecule has 0 saturated heterocycles. The van der Waals surface area contributed by atoms with Crippen LogP contribution in [0.5, 0.6) is 0 Å². The molecule has 26 heavy (non-hydrogen) atoms. The molecule has 0 spiro atoms. The summed E-state index contributed by atoms with van der Waals surface area (Å²) in [5.41, 5.74) is 1.78. The second kappa shape index (κ2) is 7.74. The van der Waals surface area contributed by atoms with Crippen LogP contribution in [-0.2, 0) is 0 Å². The number of benzene rings is 2. The zero-order valence-corrected chi connectivity index (χ0v) is 14.0. The Hall–Kier alpha value is -3.28. The van der Waals surface area contributed by atoms with Gasteiger partial charge in [0, 0.05) is 18.0 Å². The Kier molecular flexibility index (Phi) is 5.22. The number of hydrogen-bond donors (Lipinski definition) is 2. The van der Waals surface area contributed by atoms with Crippen LogP contribution >= 0.6 is 0 Å². The predicted molar refractivity (Wildman–Crippen MR) is 96.2 cm³/mol. The van der Waals surface area contributed by atoms with Crippen molar-refractivity contribution in [2.75, 3.05) is 5.32 Å². The molecular weight excluding hydrogens is 336 g/mol. The van der Waals surface area contributed by atoms with Crippen molar-refractivity contribution in [2.45, 2.75) is 13.0 Å². The Morgan fingerprint density at radius 2 is 1.77 bits per heavy atom. The van der Waals surface area contributed by atoms with Gasteiger partial charge in [0.2, 0.25) is 0 Å². The molecule has 1 heterocycles. The number of hydrogen-bond acceptors (Lipinski definition) is 3. The average molecular weight is 353 g/mol. The topological polar surface area (TPSA) is 54.0 Å². The lowest BCUT2D eigenvalue weighted by Gasteiger charge is -2.14. The molecule has 132 valence electrons. The largest absolute Gasteiger partial charge is 0.345 e. The predicted octanol–water partition coefficient (Wildman–Crippen LogP) is 4.59. The van der Waals surface area contributed by atoms with E-state index in [2.05, 4.69) is 15.6 Å². The van der Waals surface area contributed by atoms with Gasteiger partial charge in [-0.3, -0.25) is 4.79 Å².